The van der Waals surface area contributed by atoms with E-state index in [0.717, 1.165) is 30.5 Å². The lowest BCUT2D eigenvalue weighted by Crippen LogP contribution is -2.34. The van der Waals surface area contributed by atoms with E-state index in [1.807, 2.05) is 0 Å². The minimum absolute atomic E-state index is 0.468. The fourth-order valence-electron chi connectivity index (χ4n) is 1.97. The van der Waals surface area contributed by atoms with Gasteiger partial charge in [0.1, 0.15) is 0 Å². The van der Waals surface area contributed by atoms with Crippen LogP contribution >= 0.6 is 0 Å². The van der Waals surface area contributed by atoms with Gasteiger partial charge in [0.25, 0.3) is 0 Å². The van der Waals surface area contributed by atoms with Crippen LogP contribution in [0.5, 0.6) is 0 Å². The topological polar surface area (TPSA) is 72.1 Å². The van der Waals surface area contributed by atoms with Crippen LogP contribution in [0.2, 0.25) is 0 Å². The fraction of sp³-hybridized carbons (Fsp3) is 0.462. The van der Waals surface area contributed by atoms with Crippen LogP contribution in [0.4, 0.5) is 5.95 Å². The Bertz CT molecular complexity index is 433. The molecule has 5 nitrogen and oxygen atoms in total. The van der Waals surface area contributed by atoms with Gasteiger partial charge in [-0.05, 0) is 24.8 Å². The van der Waals surface area contributed by atoms with Crippen molar-refractivity contribution in [3.05, 3.63) is 24.0 Å². The molecule has 2 heterocycles. The van der Waals surface area contributed by atoms with E-state index in [0.29, 0.717) is 0 Å². The van der Waals surface area contributed by atoms with Crippen molar-refractivity contribution in [1.29, 1.82) is 0 Å². The molecule has 1 amide bonds. The summed E-state index contributed by atoms with van der Waals surface area (Å²) < 4.78 is 0. The number of nitrogens with two attached hydrogens (primary N) is 1. The molecular weight excluding hydrogens is 228 g/mol. The van der Waals surface area contributed by atoms with Gasteiger partial charge in [-0.25, -0.2) is 9.97 Å². The van der Waals surface area contributed by atoms with Crippen molar-refractivity contribution < 1.29 is 4.79 Å². The Labute approximate surface area is 107 Å². The molecule has 0 saturated carbocycles. The maximum Gasteiger partial charge on any atom is 0.241 e. The van der Waals surface area contributed by atoms with Crippen LogP contribution in [0, 0.1) is 5.92 Å². The standard InChI is InChI=1S/C13H18N4O/c1-10-4-6-17(7-5-10)13-15-8-11(9-16-13)2-3-12(14)18/h2-3,8-10H,4-7H2,1H3,(H2,14,18)/b3-2+. The number of carbonyl (C=O) groups is 1. The molecule has 0 aliphatic carbocycles. The average molecular weight is 246 g/mol. The molecule has 0 unspecified atom stereocenters. The van der Waals surface area contributed by atoms with Crippen molar-refractivity contribution in [1.82, 2.24) is 9.97 Å². The van der Waals surface area contributed by atoms with Crippen molar-refractivity contribution in [2.75, 3.05) is 18.0 Å². The number of hydrogen-bond donors (Lipinski definition) is 1. The van der Waals surface area contributed by atoms with Crippen LogP contribution in [0.25, 0.3) is 6.08 Å². The van der Waals surface area contributed by atoms with E-state index in [4.69, 9.17) is 5.73 Å². The molecule has 18 heavy (non-hydrogen) atoms. The summed E-state index contributed by atoms with van der Waals surface area (Å²) in [4.78, 5) is 21.4. The molecule has 1 aliphatic heterocycles. The van der Waals surface area contributed by atoms with Gasteiger partial charge in [0.05, 0.1) is 0 Å². The summed E-state index contributed by atoms with van der Waals surface area (Å²) in [6.45, 7) is 4.30. The molecule has 0 atom stereocenters. The minimum atomic E-state index is -0.468. The lowest BCUT2D eigenvalue weighted by molar-refractivity contribution is -0.113. The molecule has 96 valence electrons. The van der Waals surface area contributed by atoms with Gasteiger partial charge in [-0.2, -0.15) is 0 Å². The third kappa shape index (κ3) is 3.29. The molecule has 1 saturated heterocycles. The van der Waals surface area contributed by atoms with Gasteiger partial charge in [-0.15, -0.1) is 0 Å². The van der Waals surface area contributed by atoms with E-state index >= 15 is 0 Å². The monoisotopic (exact) mass is 246 g/mol. The van der Waals surface area contributed by atoms with E-state index in [1.165, 1.54) is 18.9 Å². The second-order valence-corrected chi connectivity index (χ2v) is 4.72. The number of primary amides is 1. The Morgan fingerprint density at radius 1 is 1.39 bits per heavy atom. The Balaban J connectivity index is 2.01. The van der Waals surface area contributed by atoms with Gasteiger partial charge >= 0.3 is 0 Å². The molecule has 0 aromatic carbocycles. The molecule has 2 N–H and O–H groups in total. The highest BCUT2D eigenvalue weighted by molar-refractivity contribution is 5.90. The Morgan fingerprint density at radius 3 is 2.56 bits per heavy atom. The van der Waals surface area contributed by atoms with Crippen LogP contribution in [-0.4, -0.2) is 29.0 Å². The van der Waals surface area contributed by atoms with E-state index < -0.39 is 5.91 Å². The molecule has 1 aromatic heterocycles. The van der Waals surface area contributed by atoms with Gasteiger partial charge in [0, 0.05) is 37.1 Å². The van der Waals surface area contributed by atoms with Crippen molar-refractivity contribution >= 4 is 17.9 Å². The lowest BCUT2D eigenvalue weighted by atomic mass is 10.00. The summed E-state index contributed by atoms with van der Waals surface area (Å²) in [5, 5.41) is 0. The third-order valence-electron chi connectivity index (χ3n) is 3.16. The quantitative estimate of drug-likeness (QED) is 0.814. The largest absolute Gasteiger partial charge is 0.366 e. The van der Waals surface area contributed by atoms with Crippen molar-refractivity contribution in [3.63, 3.8) is 0 Å². The van der Waals surface area contributed by atoms with Crippen molar-refractivity contribution in [2.45, 2.75) is 19.8 Å². The second-order valence-electron chi connectivity index (χ2n) is 4.72. The van der Waals surface area contributed by atoms with Crippen LogP contribution in [0.1, 0.15) is 25.3 Å². The van der Waals surface area contributed by atoms with Gasteiger partial charge < -0.3 is 10.6 Å². The molecule has 0 spiro atoms. The summed E-state index contributed by atoms with van der Waals surface area (Å²) in [6.07, 6.45) is 8.71. The number of carbonyl (C=O) groups excluding carboxylic acids is 1. The number of amides is 1. The van der Waals surface area contributed by atoms with Crippen molar-refractivity contribution in [3.8, 4) is 0 Å². The second kappa shape index (κ2) is 5.62. The van der Waals surface area contributed by atoms with Crippen LogP contribution in [0.3, 0.4) is 0 Å². The molecule has 0 bridgehead atoms. The normalized spacial score (nSPS) is 17.3. The zero-order valence-corrected chi connectivity index (χ0v) is 10.5. The highest BCUT2D eigenvalue weighted by atomic mass is 16.1. The van der Waals surface area contributed by atoms with Gasteiger partial charge in [0.15, 0.2) is 0 Å². The summed E-state index contributed by atoms with van der Waals surface area (Å²) in [5.41, 5.74) is 5.81. The number of hydrogen-bond acceptors (Lipinski definition) is 4. The number of rotatable bonds is 3. The first-order valence-electron chi connectivity index (χ1n) is 6.19. The highest BCUT2D eigenvalue weighted by Crippen LogP contribution is 2.19. The van der Waals surface area contributed by atoms with Crippen molar-refractivity contribution in [2.24, 2.45) is 11.7 Å². The van der Waals surface area contributed by atoms with Gasteiger partial charge in [-0.3, -0.25) is 4.79 Å². The number of piperidine rings is 1. The zero-order chi connectivity index (χ0) is 13.0. The third-order valence-corrected chi connectivity index (χ3v) is 3.16. The van der Waals surface area contributed by atoms with E-state index in [-0.39, 0.29) is 0 Å². The summed E-state index contributed by atoms with van der Waals surface area (Å²) in [5.74, 6) is 1.08. The van der Waals surface area contributed by atoms with E-state index in [9.17, 15) is 4.79 Å². The molecule has 1 fully saturated rings. The number of nitrogens with zero attached hydrogens (tertiary/aromatic N) is 3. The number of aromatic nitrogens is 2. The lowest BCUT2D eigenvalue weighted by Gasteiger charge is -2.30. The average Bonchev–Trinajstić information content (AvgIpc) is 2.38. The Kier molecular flexibility index (Phi) is 3.92. The Morgan fingerprint density at radius 2 is 2.00 bits per heavy atom. The maximum absolute atomic E-state index is 10.6. The molecule has 2 rings (SSSR count). The molecule has 1 aromatic rings. The summed E-state index contributed by atoms with van der Waals surface area (Å²) in [7, 11) is 0. The van der Waals surface area contributed by atoms with Crippen LogP contribution < -0.4 is 10.6 Å². The Hall–Kier alpha value is -1.91. The first-order chi connectivity index (χ1) is 8.65. The molecule has 1 aliphatic rings. The highest BCUT2D eigenvalue weighted by Gasteiger charge is 2.17. The van der Waals surface area contributed by atoms with Gasteiger partial charge in [0.2, 0.25) is 11.9 Å². The summed E-state index contributed by atoms with van der Waals surface area (Å²) >= 11 is 0. The van der Waals surface area contributed by atoms with Gasteiger partial charge in [-0.1, -0.05) is 6.92 Å². The number of anilines is 1. The molecule has 0 radical (unpaired) electrons. The predicted molar refractivity (Wildman–Crippen MR) is 70.9 cm³/mol. The van der Waals surface area contributed by atoms with Crippen LogP contribution in [-0.2, 0) is 4.79 Å². The van der Waals surface area contributed by atoms with Crippen LogP contribution in [0.15, 0.2) is 18.5 Å². The van der Waals surface area contributed by atoms with E-state index in [2.05, 4.69) is 21.8 Å². The predicted octanol–water partition coefficient (Wildman–Crippen LogP) is 1.21. The smallest absolute Gasteiger partial charge is 0.241 e. The fourth-order valence-corrected chi connectivity index (χ4v) is 1.97. The van der Waals surface area contributed by atoms with E-state index in [1.54, 1.807) is 18.5 Å². The molecule has 5 heteroatoms. The first-order valence-corrected chi connectivity index (χ1v) is 6.19. The minimum Gasteiger partial charge on any atom is -0.366 e. The maximum atomic E-state index is 10.6. The SMILES string of the molecule is CC1CCN(c2ncc(/C=C/C(N)=O)cn2)CC1. The molecular formula is C13H18N4O. The summed E-state index contributed by atoms with van der Waals surface area (Å²) in [6, 6.07) is 0. The first kappa shape index (κ1) is 12.5. The zero-order valence-electron chi connectivity index (χ0n) is 10.5.